The summed E-state index contributed by atoms with van der Waals surface area (Å²) in [7, 11) is 2.01. The van der Waals surface area contributed by atoms with E-state index in [0.717, 1.165) is 51.0 Å². The van der Waals surface area contributed by atoms with Gasteiger partial charge in [0.2, 0.25) is 5.91 Å². The minimum Gasteiger partial charge on any atom is -0.342 e. The number of imidazole rings is 1. The molecule has 1 saturated heterocycles. The molecular weight excluding hydrogens is 317 g/mol. The van der Waals surface area contributed by atoms with Crippen LogP contribution in [0.4, 0.5) is 4.39 Å². The largest absolute Gasteiger partial charge is 0.342 e. The Hall–Kier alpha value is -2.17. The third-order valence-electron chi connectivity index (χ3n) is 5.75. The van der Waals surface area contributed by atoms with Crippen LogP contribution in [0.5, 0.6) is 0 Å². The SMILES string of the molecule is Cn1ccnc1C[C@@H]1CCCN(C(=O)C2(c3ccccc3F)CC2)C1. The van der Waals surface area contributed by atoms with Crippen LogP contribution in [0.3, 0.4) is 0 Å². The van der Waals surface area contributed by atoms with Crippen LogP contribution in [0.15, 0.2) is 36.7 Å². The average molecular weight is 341 g/mol. The predicted molar refractivity (Wildman–Crippen MR) is 93.5 cm³/mol. The van der Waals surface area contributed by atoms with Gasteiger partial charge < -0.3 is 9.47 Å². The summed E-state index contributed by atoms with van der Waals surface area (Å²) in [5, 5.41) is 0. The highest BCUT2D eigenvalue weighted by atomic mass is 19.1. The molecule has 4 nitrogen and oxygen atoms in total. The number of hydrogen-bond acceptors (Lipinski definition) is 2. The van der Waals surface area contributed by atoms with Crippen molar-refractivity contribution in [2.24, 2.45) is 13.0 Å². The lowest BCUT2D eigenvalue weighted by molar-refractivity contribution is -0.135. The normalized spacial score (nSPS) is 22.0. The quantitative estimate of drug-likeness (QED) is 0.857. The fourth-order valence-electron chi connectivity index (χ4n) is 4.14. The molecular formula is C20H24FN3O. The number of likely N-dealkylation sites (tertiary alicyclic amines) is 1. The molecule has 2 aromatic rings. The second kappa shape index (κ2) is 6.28. The first kappa shape index (κ1) is 16.3. The van der Waals surface area contributed by atoms with E-state index in [4.69, 9.17) is 0 Å². The summed E-state index contributed by atoms with van der Waals surface area (Å²) in [6.45, 7) is 1.54. The molecule has 0 N–H and O–H groups in total. The van der Waals surface area contributed by atoms with Crippen LogP contribution in [-0.4, -0.2) is 33.4 Å². The Bertz CT molecular complexity index is 781. The molecule has 0 spiro atoms. The van der Waals surface area contributed by atoms with Gasteiger partial charge in [-0.05, 0) is 37.7 Å². The third kappa shape index (κ3) is 2.96. The molecule has 4 rings (SSSR count). The Kier molecular flexibility index (Phi) is 4.10. The average Bonchev–Trinajstić information content (AvgIpc) is 3.33. The Labute approximate surface area is 147 Å². The molecule has 0 radical (unpaired) electrons. The number of benzene rings is 1. The summed E-state index contributed by atoms with van der Waals surface area (Å²) >= 11 is 0. The number of halogens is 1. The number of carbonyl (C=O) groups excluding carboxylic acids is 1. The van der Waals surface area contributed by atoms with Crippen molar-refractivity contribution in [2.45, 2.75) is 37.5 Å². The van der Waals surface area contributed by atoms with E-state index in [9.17, 15) is 9.18 Å². The standard InChI is InChI=1S/C20H24FN3O/c1-23-12-10-22-18(23)13-15-5-4-11-24(14-15)19(25)20(8-9-20)16-6-2-3-7-17(16)21/h2-3,6-7,10,12,15H,4-5,8-9,11,13-14H2,1H3/t15-/m0/s1. The summed E-state index contributed by atoms with van der Waals surface area (Å²) < 4.78 is 16.3. The van der Waals surface area contributed by atoms with Gasteiger partial charge in [0.05, 0.1) is 5.41 Å². The maximum atomic E-state index is 14.2. The number of aryl methyl sites for hydroxylation is 1. The second-order valence-corrected chi connectivity index (χ2v) is 7.48. The molecule has 5 heteroatoms. The van der Waals surface area contributed by atoms with Crippen LogP contribution in [0, 0.1) is 11.7 Å². The number of amides is 1. The van der Waals surface area contributed by atoms with E-state index in [-0.39, 0.29) is 11.7 Å². The number of piperidine rings is 1. The molecule has 1 aliphatic heterocycles. The molecule has 2 fully saturated rings. The molecule has 25 heavy (non-hydrogen) atoms. The third-order valence-corrected chi connectivity index (χ3v) is 5.75. The molecule has 1 aromatic heterocycles. The van der Waals surface area contributed by atoms with Gasteiger partial charge in [-0.1, -0.05) is 18.2 Å². The smallest absolute Gasteiger partial charge is 0.233 e. The Morgan fingerprint density at radius 1 is 1.36 bits per heavy atom. The number of aromatic nitrogens is 2. The molecule has 1 aliphatic carbocycles. The topological polar surface area (TPSA) is 38.1 Å². The molecule has 1 amide bonds. The highest BCUT2D eigenvalue weighted by Crippen LogP contribution is 2.50. The summed E-state index contributed by atoms with van der Waals surface area (Å²) in [5.74, 6) is 1.35. The summed E-state index contributed by atoms with van der Waals surface area (Å²) in [4.78, 5) is 19.6. The zero-order valence-electron chi connectivity index (χ0n) is 14.6. The maximum Gasteiger partial charge on any atom is 0.233 e. The lowest BCUT2D eigenvalue weighted by Gasteiger charge is -2.35. The molecule has 1 aromatic carbocycles. The van der Waals surface area contributed by atoms with Gasteiger partial charge in [0.15, 0.2) is 0 Å². The summed E-state index contributed by atoms with van der Waals surface area (Å²) in [5.41, 5.74) is -0.0394. The Morgan fingerprint density at radius 3 is 2.84 bits per heavy atom. The minimum atomic E-state index is -0.615. The lowest BCUT2D eigenvalue weighted by Crippen LogP contribution is -2.45. The van der Waals surface area contributed by atoms with Crippen LogP contribution in [0.25, 0.3) is 0 Å². The van der Waals surface area contributed by atoms with Crippen LogP contribution in [0.2, 0.25) is 0 Å². The van der Waals surface area contributed by atoms with Crippen molar-refractivity contribution in [3.63, 3.8) is 0 Å². The maximum absolute atomic E-state index is 14.2. The molecule has 2 aliphatic rings. The molecule has 0 bridgehead atoms. The number of hydrogen-bond donors (Lipinski definition) is 0. The van der Waals surface area contributed by atoms with Gasteiger partial charge in [0, 0.05) is 44.5 Å². The van der Waals surface area contributed by atoms with Crippen molar-refractivity contribution in [3.05, 3.63) is 53.9 Å². The molecule has 2 heterocycles. The molecule has 1 atom stereocenters. The first-order valence-corrected chi connectivity index (χ1v) is 9.11. The number of carbonyl (C=O) groups is 1. The zero-order valence-corrected chi connectivity index (χ0v) is 14.6. The van der Waals surface area contributed by atoms with Crippen molar-refractivity contribution in [1.82, 2.24) is 14.5 Å². The van der Waals surface area contributed by atoms with Gasteiger partial charge in [-0.25, -0.2) is 9.37 Å². The molecule has 0 unspecified atom stereocenters. The van der Waals surface area contributed by atoms with Gasteiger partial charge >= 0.3 is 0 Å². The molecule has 1 saturated carbocycles. The van der Waals surface area contributed by atoms with Crippen LogP contribution in [-0.2, 0) is 23.7 Å². The van der Waals surface area contributed by atoms with E-state index < -0.39 is 5.41 Å². The number of rotatable bonds is 4. The Morgan fingerprint density at radius 2 is 2.16 bits per heavy atom. The van der Waals surface area contributed by atoms with Crippen LogP contribution in [0.1, 0.15) is 37.1 Å². The van der Waals surface area contributed by atoms with Crippen molar-refractivity contribution in [2.75, 3.05) is 13.1 Å². The summed E-state index contributed by atoms with van der Waals surface area (Å²) in [6.07, 6.45) is 8.30. The van der Waals surface area contributed by atoms with Gasteiger partial charge in [0.25, 0.3) is 0 Å². The second-order valence-electron chi connectivity index (χ2n) is 7.48. The van der Waals surface area contributed by atoms with Crippen LogP contribution < -0.4 is 0 Å². The van der Waals surface area contributed by atoms with Gasteiger partial charge in [-0.15, -0.1) is 0 Å². The van der Waals surface area contributed by atoms with Crippen molar-refractivity contribution in [3.8, 4) is 0 Å². The predicted octanol–water partition coefficient (Wildman–Crippen LogP) is 3.07. The minimum absolute atomic E-state index is 0.113. The highest BCUT2D eigenvalue weighted by molar-refractivity contribution is 5.91. The van der Waals surface area contributed by atoms with Gasteiger partial charge in [-0.2, -0.15) is 0 Å². The zero-order chi connectivity index (χ0) is 17.4. The first-order valence-electron chi connectivity index (χ1n) is 9.11. The van der Waals surface area contributed by atoms with Gasteiger partial charge in [0.1, 0.15) is 11.6 Å². The monoisotopic (exact) mass is 341 g/mol. The van der Waals surface area contributed by atoms with E-state index in [1.165, 1.54) is 6.07 Å². The van der Waals surface area contributed by atoms with Crippen molar-refractivity contribution in [1.29, 1.82) is 0 Å². The van der Waals surface area contributed by atoms with Gasteiger partial charge in [-0.3, -0.25) is 4.79 Å². The lowest BCUT2D eigenvalue weighted by atomic mass is 9.90. The van der Waals surface area contributed by atoms with E-state index in [0.29, 0.717) is 11.5 Å². The fourth-order valence-corrected chi connectivity index (χ4v) is 4.14. The van der Waals surface area contributed by atoms with E-state index in [1.807, 2.05) is 35.0 Å². The Balaban J connectivity index is 1.49. The van der Waals surface area contributed by atoms with Crippen LogP contribution >= 0.6 is 0 Å². The van der Waals surface area contributed by atoms with Crippen molar-refractivity contribution < 1.29 is 9.18 Å². The first-order chi connectivity index (χ1) is 12.1. The number of nitrogens with zero attached hydrogens (tertiary/aromatic N) is 3. The van der Waals surface area contributed by atoms with E-state index in [2.05, 4.69) is 4.98 Å². The highest BCUT2D eigenvalue weighted by Gasteiger charge is 2.54. The van der Waals surface area contributed by atoms with E-state index in [1.54, 1.807) is 12.1 Å². The van der Waals surface area contributed by atoms with Crippen molar-refractivity contribution >= 4 is 5.91 Å². The van der Waals surface area contributed by atoms with E-state index >= 15 is 0 Å². The summed E-state index contributed by atoms with van der Waals surface area (Å²) in [6, 6.07) is 6.74. The fraction of sp³-hybridized carbons (Fsp3) is 0.500. The molecule has 132 valence electrons.